The molecule has 1 aliphatic heterocycles. The molecule has 24 heavy (non-hydrogen) atoms. The topological polar surface area (TPSA) is 6.48 Å². The SMILES string of the molecule is CN(Cc1ccsc1)CC1CCN(Cc2ccc(Br)c(Br)c2)CC1. The maximum absolute atomic E-state index is 3.60. The highest BCUT2D eigenvalue weighted by Gasteiger charge is 2.20. The van der Waals surface area contributed by atoms with Gasteiger partial charge in [0, 0.05) is 28.6 Å². The van der Waals surface area contributed by atoms with E-state index >= 15 is 0 Å². The van der Waals surface area contributed by atoms with Gasteiger partial charge in [-0.1, -0.05) is 6.07 Å². The minimum Gasteiger partial charge on any atom is -0.302 e. The Kier molecular flexibility index (Phi) is 6.93. The second kappa shape index (κ2) is 8.95. The van der Waals surface area contributed by atoms with E-state index in [1.165, 1.54) is 43.6 Å². The van der Waals surface area contributed by atoms with Gasteiger partial charge in [-0.25, -0.2) is 0 Å². The Balaban J connectivity index is 1.42. The van der Waals surface area contributed by atoms with Crippen molar-refractivity contribution < 1.29 is 0 Å². The first-order valence-electron chi connectivity index (χ1n) is 8.46. The van der Waals surface area contributed by atoms with Crippen LogP contribution < -0.4 is 0 Å². The first kappa shape index (κ1) is 18.6. The highest BCUT2D eigenvalue weighted by molar-refractivity contribution is 9.13. The number of likely N-dealkylation sites (tertiary alicyclic amines) is 1. The summed E-state index contributed by atoms with van der Waals surface area (Å²) in [6, 6.07) is 8.81. The molecule has 2 heterocycles. The molecule has 1 saturated heterocycles. The zero-order valence-electron chi connectivity index (χ0n) is 14.0. The number of hydrogen-bond acceptors (Lipinski definition) is 3. The summed E-state index contributed by atoms with van der Waals surface area (Å²) in [5.74, 6) is 0.835. The van der Waals surface area contributed by atoms with E-state index in [9.17, 15) is 0 Å². The molecule has 0 aliphatic carbocycles. The number of benzene rings is 1. The van der Waals surface area contributed by atoms with E-state index in [1.54, 1.807) is 11.3 Å². The van der Waals surface area contributed by atoms with Crippen LogP contribution in [0.25, 0.3) is 0 Å². The van der Waals surface area contributed by atoms with Crippen LogP contribution in [-0.4, -0.2) is 36.5 Å². The third-order valence-electron chi connectivity index (χ3n) is 4.70. The van der Waals surface area contributed by atoms with Crippen LogP contribution in [0.1, 0.15) is 24.0 Å². The van der Waals surface area contributed by atoms with Crippen molar-refractivity contribution in [3.8, 4) is 0 Å². The molecule has 5 heteroatoms. The molecule has 1 aromatic carbocycles. The summed E-state index contributed by atoms with van der Waals surface area (Å²) in [7, 11) is 2.25. The van der Waals surface area contributed by atoms with Crippen LogP contribution in [0, 0.1) is 5.92 Å². The van der Waals surface area contributed by atoms with E-state index in [0.717, 1.165) is 28.0 Å². The standard InChI is InChI=1S/C19H24Br2N2S/c1-22(12-17-6-9-24-14-17)11-15-4-7-23(8-5-15)13-16-2-3-18(20)19(21)10-16/h2-3,6,9-10,14-15H,4-5,7-8,11-13H2,1H3. The Bertz CT molecular complexity index is 637. The Hall–Kier alpha value is -0.200. The highest BCUT2D eigenvalue weighted by Crippen LogP contribution is 2.26. The maximum atomic E-state index is 3.60. The van der Waals surface area contributed by atoms with Gasteiger partial charge in [-0.15, -0.1) is 0 Å². The second-order valence-electron chi connectivity index (χ2n) is 6.80. The van der Waals surface area contributed by atoms with Gasteiger partial charge in [-0.2, -0.15) is 11.3 Å². The molecule has 0 atom stereocenters. The lowest BCUT2D eigenvalue weighted by Gasteiger charge is -2.34. The zero-order chi connectivity index (χ0) is 16.9. The lowest BCUT2D eigenvalue weighted by atomic mass is 9.96. The van der Waals surface area contributed by atoms with Gasteiger partial charge in [0.1, 0.15) is 0 Å². The Labute approximate surface area is 166 Å². The number of halogens is 2. The molecule has 0 amide bonds. The van der Waals surface area contributed by atoms with E-state index in [-0.39, 0.29) is 0 Å². The van der Waals surface area contributed by atoms with Crippen molar-refractivity contribution in [1.29, 1.82) is 0 Å². The Morgan fingerprint density at radius 1 is 1.12 bits per heavy atom. The van der Waals surface area contributed by atoms with Crippen molar-refractivity contribution >= 4 is 43.2 Å². The molecular formula is C19H24Br2N2S. The van der Waals surface area contributed by atoms with Crippen LogP contribution in [0.3, 0.4) is 0 Å². The molecule has 1 aromatic heterocycles. The summed E-state index contributed by atoms with van der Waals surface area (Å²) in [5.41, 5.74) is 2.83. The molecule has 2 aromatic rings. The van der Waals surface area contributed by atoms with Gasteiger partial charge >= 0.3 is 0 Å². The molecule has 3 rings (SSSR count). The Morgan fingerprint density at radius 3 is 2.58 bits per heavy atom. The predicted molar refractivity (Wildman–Crippen MR) is 110 cm³/mol. The van der Waals surface area contributed by atoms with Gasteiger partial charge in [0.05, 0.1) is 0 Å². The summed E-state index contributed by atoms with van der Waals surface area (Å²) in [6.45, 7) is 5.78. The summed E-state index contributed by atoms with van der Waals surface area (Å²) in [6.07, 6.45) is 2.62. The van der Waals surface area contributed by atoms with E-state index in [1.807, 2.05) is 0 Å². The van der Waals surface area contributed by atoms with Gasteiger partial charge in [-0.3, -0.25) is 4.90 Å². The fourth-order valence-corrected chi connectivity index (χ4v) is 4.76. The van der Waals surface area contributed by atoms with Gasteiger partial charge in [0.2, 0.25) is 0 Å². The summed E-state index contributed by atoms with van der Waals surface area (Å²) in [5, 5.41) is 4.43. The Morgan fingerprint density at radius 2 is 1.92 bits per heavy atom. The van der Waals surface area contributed by atoms with Crippen molar-refractivity contribution in [1.82, 2.24) is 9.80 Å². The number of nitrogens with zero attached hydrogens (tertiary/aromatic N) is 2. The first-order valence-corrected chi connectivity index (χ1v) is 11.0. The molecular weight excluding hydrogens is 448 g/mol. The van der Waals surface area contributed by atoms with Crippen LogP contribution in [0.4, 0.5) is 0 Å². The number of rotatable bonds is 6. The van der Waals surface area contributed by atoms with Crippen LogP contribution >= 0.6 is 43.2 Å². The molecule has 0 unspecified atom stereocenters. The third kappa shape index (κ3) is 5.40. The fraction of sp³-hybridized carbons (Fsp3) is 0.474. The van der Waals surface area contributed by atoms with Crippen LogP contribution in [0.5, 0.6) is 0 Å². The molecule has 0 saturated carbocycles. The van der Waals surface area contributed by atoms with Crippen LogP contribution in [0.2, 0.25) is 0 Å². The summed E-state index contributed by atoms with van der Waals surface area (Å²) >= 11 is 8.93. The number of thiophene rings is 1. The monoisotopic (exact) mass is 470 g/mol. The van der Waals surface area contributed by atoms with E-state index in [0.29, 0.717) is 0 Å². The minimum atomic E-state index is 0.835. The van der Waals surface area contributed by atoms with E-state index in [4.69, 9.17) is 0 Å². The lowest BCUT2D eigenvalue weighted by molar-refractivity contribution is 0.147. The van der Waals surface area contributed by atoms with Crippen molar-refractivity contribution in [3.63, 3.8) is 0 Å². The molecule has 0 spiro atoms. The molecule has 2 nitrogen and oxygen atoms in total. The van der Waals surface area contributed by atoms with Gasteiger partial charge in [0.25, 0.3) is 0 Å². The van der Waals surface area contributed by atoms with Crippen LogP contribution in [-0.2, 0) is 13.1 Å². The second-order valence-corrected chi connectivity index (χ2v) is 9.29. The predicted octanol–water partition coefficient (Wildman–Crippen LogP) is 5.62. The van der Waals surface area contributed by atoms with E-state index < -0.39 is 0 Å². The largest absolute Gasteiger partial charge is 0.302 e. The molecule has 130 valence electrons. The van der Waals surface area contributed by atoms with Gasteiger partial charge in [0.15, 0.2) is 0 Å². The summed E-state index contributed by atoms with van der Waals surface area (Å²) in [4.78, 5) is 5.07. The zero-order valence-corrected chi connectivity index (χ0v) is 18.0. The lowest BCUT2D eigenvalue weighted by Crippen LogP contribution is -2.37. The van der Waals surface area contributed by atoms with Gasteiger partial charge in [-0.05, 0) is 111 Å². The smallest absolute Gasteiger partial charge is 0.0320 e. The van der Waals surface area contributed by atoms with Crippen molar-refractivity contribution in [2.24, 2.45) is 5.92 Å². The molecule has 0 radical (unpaired) electrons. The van der Waals surface area contributed by atoms with Crippen molar-refractivity contribution in [3.05, 3.63) is 55.1 Å². The average molecular weight is 472 g/mol. The normalized spacial score (nSPS) is 16.8. The number of piperidine rings is 1. The average Bonchev–Trinajstić information content (AvgIpc) is 3.06. The quantitative estimate of drug-likeness (QED) is 0.539. The fourth-order valence-electron chi connectivity index (χ4n) is 3.42. The minimum absolute atomic E-state index is 0.835. The molecule has 1 aliphatic rings. The molecule has 1 fully saturated rings. The van der Waals surface area contributed by atoms with Crippen LogP contribution in [0.15, 0.2) is 44.0 Å². The van der Waals surface area contributed by atoms with Gasteiger partial charge < -0.3 is 4.90 Å². The number of hydrogen-bond donors (Lipinski definition) is 0. The van der Waals surface area contributed by atoms with Crippen molar-refractivity contribution in [2.75, 3.05) is 26.7 Å². The maximum Gasteiger partial charge on any atom is 0.0320 e. The first-order chi connectivity index (χ1) is 11.6. The molecule has 0 bridgehead atoms. The highest BCUT2D eigenvalue weighted by atomic mass is 79.9. The van der Waals surface area contributed by atoms with E-state index in [2.05, 4.69) is 83.7 Å². The molecule has 0 N–H and O–H groups in total. The third-order valence-corrected chi connectivity index (χ3v) is 7.31. The summed E-state index contributed by atoms with van der Waals surface area (Å²) < 4.78 is 2.27. The van der Waals surface area contributed by atoms with Crippen molar-refractivity contribution in [2.45, 2.75) is 25.9 Å².